The highest BCUT2D eigenvalue weighted by Gasteiger charge is 2.27. The molecule has 1 atom stereocenters. The van der Waals surface area contributed by atoms with Gasteiger partial charge >= 0.3 is 0 Å². The third-order valence-corrected chi connectivity index (χ3v) is 14.4. The molecule has 2 N–H and O–H groups in total. The van der Waals surface area contributed by atoms with E-state index in [-0.39, 0.29) is 40.7 Å². The lowest BCUT2D eigenvalue weighted by atomic mass is 10.0. The molecule has 0 bridgehead atoms. The van der Waals surface area contributed by atoms with E-state index in [2.05, 4.69) is 56.2 Å². The number of aryl methyl sites for hydroxylation is 1. The Balaban J connectivity index is 0.648. The van der Waals surface area contributed by atoms with Crippen LogP contribution in [0, 0.1) is 12.7 Å². The standard InChI is InChI=1S/C51H66FN13O3/c1-36-43-33-54-51(59-49(43)65(40-14-7-8-15-40)50(68)48(36)37(2)66)58-44-19-18-42(32-53-44)61-26-28-63(29-27-61)47(67)17-6-4-3-5-9-20-60-22-24-62(25-23-60)46-31-45(55-35-56-46)57-39-13-11-21-64(34-39)41-16-10-12-38(52)30-41/h10,12,16,18-19,30-33,35,39-40H,3-9,11,13-15,17,20-29,34H2,1-2H3,(H,55,56,57)(H,53,54,58,59)/t39-/m1/s1. The number of piperidine rings is 1. The van der Waals surface area contributed by atoms with Gasteiger partial charge in [0.05, 0.1) is 17.4 Å². The number of nitrogens with zero attached hydrogens (tertiary/aromatic N) is 11. The summed E-state index contributed by atoms with van der Waals surface area (Å²) in [5.74, 6) is 2.52. The van der Waals surface area contributed by atoms with Crippen LogP contribution in [0.5, 0.6) is 0 Å². The summed E-state index contributed by atoms with van der Waals surface area (Å²) in [7, 11) is 0. The van der Waals surface area contributed by atoms with Crippen LogP contribution in [0.4, 0.5) is 39.2 Å². The number of rotatable bonds is 17. The van der Waals surface area contributed by atoms with Gasteiger partial charge in [-0.2, -0.15) is 4.98 Å². The maximum Gasteiger partial charge on any atom is 0.263 e. The molecular weight excluding hydrogens is 862 g/mol. The molecule has 1 aromatic carbocycles. The summed E-state index contributed by atoms with van der Waals surface area (Å²) in [5.41, 5.74) is 3.02. The summed E-state index contributed by atoms with van der Waals surface area (Å²) >= 11 is 0. The molecule has 0 unspecified atom stereocenters. The molecule has 3 aliphatic heterocycles. The average Bonchev–Trinajstić information content (AvgIpc) is 3.89. The molecule has 0 spiro atoms. The third-order valence-electron chi connectivity index (χ3n) is 14.4. The van der Waals surface area contributed by atoms with E-state index >= 15 is 0 Å². The molecule has 3 saturated heterocycles. The number of piperazine rings is 2. The van der Waals surface area contributed by atoms with Gasteiger partial charge < -0.3 is 30.2 Å². The number of hydrogen-bond donors (Lipinski definition) is 2. The molecule has 0 radical (unpaired) electrons. The number of ketones is 1. The van der Waals surface area contributed by atoms with Crippen LogP contribution in [0.25, 0.3) is 11.0 Å². The second-order valence-electron chi connectivity index (χ2n) is 19.0. The van der Waals surface area contributed by atoms with Gasteiger partial charge in [0, 0.05) is 107 Å². The number of pyridine rings is 2. The van der Waals surface area contributed by atoms with Gasteiger partial charge in [-0.1, -0.05) is 38.2 Å². The minimum absolute atomic E-state index is 0.00933. The van der Waals surface area contributed by atoms with Crippen LogP contribution in [0.1, 0.15) is 106 Å². The van der Waals surface area contributed by atoms with Crippen LogP contribution in [0.3, 0.4) is 0 Å². The van der Waals surface area contributed by atoms with Gasteiger partial charge in [0.1, 0.15) is 35.2 Å². The first kappa shape index (κ1) is 46.9. The van der Waals surface area contributed by atoms with E-state index in [4.69, 9.17) is 4.98 Å². The maximum absolute atomic E-state index is 13.9. The highest BCUT2D eigenvalue weighted by atomic mass is 19.1. The first-order chi connectivity index (χ1) is 33.2. The summed E-state index contributed by atoms with van der Waals surface area (Å²) in [5, 5.41) is 7.54. The molecular formula is C51H66FN13O3. The van der Waals surface area contributed by atoms with Gasteiger partial charge in [-0.15, -0.1) is 0 Å². The van der Waals surface area contributed by atoms with Crippen molar-refractivity contribution in [1.29, 1.82) is 0 Å². The Bertz CT molecular complexity index is 2590. The second kappa shape index (κ2) is 21.8. The van der Waals surface area contributed by atoms with Crippen LogP contribution in [0.15, 0.2) is 66.0 Å². The average molecular weight is 928 g/mol. The van der Waals surface area contributed by atoms with Crippen molar-refractivity contribution in [2.45, 2.75) is 103 Å². The van der Waals surface area contributed by atoms with Gasteiger partial charge in [0.2, 0.25) is 11.9 Å². The molecule has 4 fully saturated rings. The number of amides is 1. The van der Waals surface area contributed by atoms with E-state index in [1.165, 1.54) is 25.8 Å². The number of nitrogens with one attached hydrogen (secondary N) is 2. The number of fused-ring (bicyclic) bond motifs is 1. The van der Waals surface area contributed by atoms with Crippen LogP contribution in [-0.2, 0) is 4.79 Å². The van der Waals surface area contributed by atoms with Crippen molar-refractivity contribution in [3.05, 3.63) is 88.5 Å². The molecule has 1 aliphatic carbocycles. The van der Waals surface area contributed by atoms with E-state index in [0.29, 0.717) is 47.9 Å². The predicted octanol–water partition coefficient (Wildman–Crippen LogP) is 7.38. The zero-order chi connectivity index (χ0) is 47.0. The van der Waals surface area contributed by atoms with Crippen molar-refractivity contribution in [2.75, 3.05) is 97.3 Å². The van der Waals surface area contributed by atoms with Crippen LogP contribution < -0.4 is 30.9 Å². The molecule has 7 heterocycles. The predicted molar refractivity (Wildman–Crippen MR) is 266 cm³/mol. The molecule has 1 amide bonds. The van der Waals surface area contributed by atoms with E-state index in [1.54, 1.807) is 36.1 Å². The highest BCUT2D eigenvalue weighted by molar-refractivity contribution is 5.99. The Morgan fingerprint density at radius 1 is 0.750 bits per heavy atom. The first-order valence-electron chi connectivity index (χ1n) is 24.9. The van der Waals surface area contributed by atoms with Gasteiger partial charge in [-0.3, -0.25) is 23.9 Å². The van der Waals surface area contributed by atoms with Gasteiger partial charge in [-0.25, -0.2) is 24.3 Å². The quantitative estimate of drug-likeness (QED) is 0.0703. The number of hydrogen-bond acceptors (Lipinski definition) is 14. The fourth-order valence-corrected chi connectivity index (χ4v) is 10.6. The normalized spacial score (nSPS) is 18.4. The fourth-order valence-electron chi connectivity index (χ4n) is 10.6. The largest absolute Gasteiger partial charge is 0.369 e. The Labute approximate surface area is 398 Å². The van der Waals surface area contributed by atoms with Crippen LogP contribution >= 0.6 is 0 Å². The molecule has 5 aromatic rings. The molecule has 4 aliphatic rings. The first-order valence-corrected chi connectivity index (χ1v) is 24.9. The number of carbonyl (C=O) groups excluding carboxylic acids is 2. The number of halogens is 1. The van der Waals surface area contributed by atoms with E-state index in [9.17, 15) is 18.8 Å². The Morgan fingerprint density at radius 2 is 1.53 bits per heavy atom. The number of unbranched alkanes of at least 4 members (excludes halogenated alkanes) is 4. The molecule has 16 nitrogen and oxygen atoms in total. The van der Waals surface area contributed by atoms with Crippen molar-refractivity contribution in [3.63, 3.8) is 0 Å². The summed E-state index contributed by atoms with van der Waals surface area (Å²) < 4.78 is 15.6. The zero-order valence-corrected chi connectivity index (χ0v) is 39.7. The summed E-state index contributed by atoms with van der Waals surface area (Å²) in [6.07, 6.45) is 17.2. The van der Waals surface area contributed by atoms with Crippen molar-refractivity contribution in [3.8, 4) is 0 Å². The van der Waals surface area contributed by atoms with Crippen LogP contribution in [-0.4, -0.2) is 129 Å². The lowest BCUT2D eigenvalue weighted by Crippen LogP contribution is -2.48. The lowest BCUT2D eigenvalue weighted by molar-refractivity contribution is -0.131. The Morgan fingerprint density at radius 3 is 2.29 bits per heavy atom. The molecule has 360 valence electrons. The Kier molecular flexibility index (Phi) is 15.0. The molecule has 17 heteroatoms. The van der Waals surface area contributed by atoms with Gasteiger partial charge in [0.25, 0.3) is 5.56 Å². The number of benzene rings is 1. The second-order valence-corrected chi connectivity index (χ2v) is 19.0. The molecule has 1 saturated carbocycles. The fraction of sp³-hybridized carbons (Fsp3) is 0.529. The number of aromatic nitrogens is 6. The van der Waals surface area contributed by atoms with E-state index in [1.807, 2.05) is 29.3 Å². The summed E-state index contributed by atoms with van der Waals surface area (Å²) in [4.78, 5) is 73.7. The molecule has 68 heavy (non-hydrogen) atoms. The van der Waals surface area contributed by atoms with E-state index in [0.717, 1.165) is 140 Å². The molecule has 4 aromatic heterocycles. The SMILES string of the molecule is CC(=O)c1c(C)c2cnc(Nc3ccc(N4CCN(C(=O)CCCCCCCN5CCN(c6cc(N[C@@H]7CCCN(c8cccc(F)c8)C7)ncn6)CC5)CC4)cn3)nc2n(C2CCCC2)c1=O. The van der Waals surface area contributed by atoms with Gasteiger partial charge in [0.15, 0.2) is 5.78 Å². The number of anilines is 6. The Hall–Kier alpha value is -6.23. The topological polar surface area (TPSA) is 161 Å². The van der Waals surface area contributed by atoms with Crippen LogP contribution in [0.2, 0.25) is 0 Å². The molecule has 9 rings (SSSR count). The van der Waals surface area contributed by atoms with Crippen molar-refractivity contribution in [2.24, 2.45) is 0 Å². The minimum Gasteiger partial charge on any atom is -0.369 e. The smallest absolute Gasteiger partial charge is 0.263 e. The zero-order valence-electron chi connectivity index (χ0n) is 39.7. The highest BCUT2D eigenvalue weighted by Crippen LogP contribution is 2.32. The van der Waals surface area contributed by atoms with Gasteiger partial charge in [-0.05, 0) is 94.8 Å². The van der Waals surface area contributed by atoms with Crippen molar-refractivity contribution in [1.82, 2.24) is 39.3 Å². The number of Topliss-reactive ketones (excluding diaryl/α,β-unsaturated/α-hetero) is 1. The summed E-state index contributed by atoms with van der Waals surface area (Å²) in [6, 6.07) is 13.1. The monoisotopic (exact) mass is 928 g/mol. The minimum atomic E-state index is -0.273. The maximum atomic E-state index is 13.9. The van der Waals surface area contributed by atoms with Crippen molar-refractivity contribution < 1.29 is 14.0 Å². The van der Waals surface area contributed by atoms with Crippen molar-refractivity contribution >= 4 is 57.5 Å². The third kappa shape index (κ3) is 11.2. The van der Waals surface area contributed by atoms with E-state index < -0.39 is 0 Å². The lowest BCUT2D eigenvalue weighted by Gasteiger charge is -2.36. The summed E-state index contributed by atoms with van der Waals surface area (Å²) in [6.45, 7) is 12.8. The number of carbonyl (C=O) groups is 2.